The van der Waals surface area contributed by atoms with Gasteiger partial charge in [-0.15, -0.1) is 0 Å². The second-order valence-corrected chi connectivity index (χ2v) is 6.54. The number of hydrogen-bond acceptors (Lipinski definition) is 4. The highest BCUT2D eigenvalue weighted by Crippen LogP contribution is 2.41. The minimum absolute atomic E-state index is 1.02. The fourth-order valence-corrected chi connectivity index (χ4v) is 3.76. The molecule has 0 saturated carbocycles. The predicted molar refractivity (Wildman–Crippen MR) is 107 cm³/mol. The van der Waals surface area contributed by atoms with Crippen LogP contribution in [0.25, 0.3) is 16.6 Å². The molecule has 6 rings (SSSR count). The van der Waals surface area contributed by atoms with Crippen LogP contribution >= 0.6 is 0 Å². The van der Waals surface area contributed by atoms with Gasteiger partial charge in [-0.3, -0.25) is 15.0 Å². The zero-order valence-electron chi connectivity index (χ0n) is 14.8. The summed E-state index contributed by atoms with van der Waals surface area (Å²) in [6.07, 6.45) is 23.0. The Morgan fingerprint density at radius 1 is 0.500 bits per heavy atom. The van der Waals surface area contributed by atoms with Crippen LogP contribution in [0.15, 0.2) is 92.6 Å². The highest BCUT2D eigenvalue weighted by atomic mass is 15.2. The summed E-state index contributed by atoms with van der Waals surface area (Å²) in [6.45, 7) is 0. The number of hydrogen-bond donors (Lipinski definition) is 0. The maximum absolute atomic E-state index is 4.33. The molecule has 0 spiro atoms. The van der Waals surface area contributed by atoms with E-state index in [-0.39, 0.29) is 0 Å². The minimum atomic E-state index is 1.02. The van der Waals surface area contributed by atoms with Crippen LogP contribution in [0, 0.1) is 0 Å². The fraction of sp³-hybridized carbons (Fsp3) is 0. The van der Waals surface area contributed by atoms with Crippen LogP contribution in [-0.2, 0) is 0 Å². The van der Waals surface area contributed by atoms with Gasteiger partial charge in [0.25, 0.3) is 0 Å². The van der Waals surface area contributed by atoms with Crippen molar-refractivity contribution < 1.29 is 0 Å². The summed E-state index contributed by atoms with van der Waals surface area (Å²) in [5, 5.41) is 0. The molecule has 0 aliphatic carbocycles. The second kappa shape index (κ2) is 5.68. The van der Waals surface area contributed by atoms with Gasteiger partial charge in [0.1, 0.15) is 0 Å². The highest BCUT2D eigenvalue weighted by molar-refractivity contribution is 5.96. The molecule has 0 aromatic carbocycles. The Morgan fingerprint density at radius 2 is 0.857 bits per heavy atom. The lowest BCUT2D eigenvalue weighted by Crippen LogP contribution is -2.09. The molecule has 6 heterocycles. The molecule has 7 heteroatoms. The van der Waals surface area contributed by atoms with Gasteiger partial charge in [-0.25, -0.2) is 0 Å². The Labute approximate surface area is 159 Å². The van der Waals surface area contributed by atoms with E-state index in [4.69, 9.17) is 0 Å². The molecule has 0 saturated heterocycles. The van der Waals surface area contributed by atoms with E-state index in [2.05, 4.69) is 51.3 Å². The lowest BCUT2D eigenvalue weighted by molar-refractivity contribution is 1.13. The van der Waals surface area contributed by atoms with E-state index >= 15 is 0 Å². The van der Waals surface area contributed by atoms with Crippen molar-refractivity contribution in [3.05, 3.63) is 92.6 Å². The monoisotopic (exact) mass is 365 g/mol. The molecule has 0 aliphatic rings. The largest absolute Gasteiger partial charge is 0.319 e. The number of nitrogens with zero attached hydrogens (tertiary/aromatic N) is 7. The molecular formula is C21H15N7. The molecule has 0 bridgehead atoms. The Morgan fingerprint density at radius 3 is 1.21 bits per heavy atom. The average molecular weight is 365 g/mol. The van der Waals surface area contributed by atoms with E-state index < -0.39 is 0 Å². The van der Waals surface area contributed by atoms with Gasteiger partial charge >= 0.3 is 0 Å². The normalized spacial score (nSPS) is 11.6. The average Bonchev–Trinajstić information content (AvgIpc) is 3.47. The summed E-state index contributed by atoms with van der Waals surface area (Å²) in [5.74, 6) is 0. The molecule has 6 aromatic rings. The summed E-state index contributed by atoms with van der Waals surface area (Å²) in [5.41, 5.74) is 6.20. The molecule has 0 unspecified atom stereocenters. The minimum Gasteiger partial charge on any atom is -0.319 e. The SMILES string of the molecule is c1cn2ccc(N(c3ccn4ccncc34)c3ccn4ccncc34)c2cn1. The van der Waals surface area contributed by atoms with Crippen molar-refractivity contribution in [2.24, 2.45) is 0 Å². The molecule has 0 atom stereocenters. The molecule has 0 radical (unpaired) electrons. The quantitative estimate of drug-likeness (QED) is 0.474. The lowest BCUT2D eigenvalue weighted by atomic mass is 10.2. The second-order valence-electron chi connectivity index (χ2n) is 6.54. The van der Waals surface area contributed by atoms with Gasteiger partial charge in [-0.05, 0) is 18.2 Å². The third kappa shape index (κ3) is 2.07. The van der Waals surface area contributed by atoms with E-state index in [1.54, 1.807) is 18.6 Å². The Bertz CT molecular complexity index is 1260. The predicted octanol–water partition coefficient (Wildman–Crippen LogP) is 4.10. The van der Waals surface area contributed by atoms with Crippen molar-refractivity contribution in [1.82, 2.24) is 28.2 Å². The molecule has 0 fully saturated rings. The van der Waals surface area contributed by atoms with Crippen molar-refractivity contribution in [2.45, 2.75) is 0 Å². The van der Waals surface area contributed by atoms with Crippen molar-refractivity contribution in [3.63, 3.8) is 0 Å². The third-order valence-corrected chi connectivity index (χ3v) is 5.05. The topological polar surface area (TPSA) is 55.1 Å². The molecule has 6 aromatic heterocycles. The molecule has 134 valence electrons. The first-order valence-electron chi connectivity index (χ1n) is 8.92. The molecule has 7 nitrogen and oxygen atoms in total. The first-order chi connectivity index (χ1) is 13.9. The van der Waals surface area contributed by atoms with E-state index in [1.165, 1.54) is 0 Å². The van der Waals surface area contributed by atoms with Crippen LogP contribution in [0.5, 0.6) is 0 Å². The summed E-state index contributed by atoms with van der Waals surface area (Å²) in [4.78, 5) is 15.2. The van der Waals surface area contributed by atoms with Gasteiger partial charge < -0.3 is 18.1 Å². The summed E-state index contributed by atoms with van der Waals surface area (Å²) < 4.78 is 6.22. The maximum atomic E-state index is 4.33. The number of rotatable bonds is 3. The van der Waals surface area contributed by atoms with Crippen molar-refractivity contribution in [1.29, 1.82) is 0 Å². The third-order valence-electron chi connectivity index (χ3n) is 5.05. The van der Waals surface area contributed by atoms with Crippen LogP contribution in [0.2, 0.25) is 0 Å². The Kier molecular flexibility index (Phi) is 3.04. The van der Waals surface area contributed by atoms with Crippen LogP contribution in [0.3, 0.4) is 0 Å². The molecule has 0 N–H and O–H groups in total. The van der Waals surface area contributed by atoms with Crippen LogP contribution < -0.4 is 4.90 Å². The van der Waals surface area contributed by atoms with Crippen LogP contribution in [0.4, 0.5) is 17.1 Å². The molecule has 0 amide bonds. The van der Waals surface area contributed by atoms with Crippen molar-refractivity contribution >= 4 is 33.6 Å². The van der Waals surface area contributed by atoms with Gasteiger partial charge in [-0.1, -0.05) is 0 Å². The zero-order chi connectivity index (χ0) is 18.5. The number of anilines is 3. The molecule has 28 heavy (non-hydrogen) atoms. The van der Waals surface area contributed by atoms with Crippen LogP contribution in [-0.4, -0.2) is 28.2 Å². The van der Waals surface area contributed by atoms with Gasteiger partial charge in [0.2, 0.25) is 0 Å². The van der Waals surface area contributed by atoms with Crippen LogP contribution in [0.1, 0.15) is 0 Å². The smallest absolute Gasteiger partial charge is 0.0878 e. The standard InChI is InChI=1S/C21H15N7/c1-7-25-10-4-22-13-19(25)16(1)28(17-2-8-26-11-5-23-14-20(17)26)18-3-9-27-12-6-24-15-21(18)27/h1-15H. The summed E-state index contributed by atoms with van der Waals surface area (Å²) in [6, 6.07) is 6.32. The van der Waals surface area contributed by atoms with Gasteiger partial charge in [0, 0.05) is 55.8 Å². The highest BCUT2D eigenvalue weighted by Gasteiger charge is 2.21. The molecule has 0 aliphatic heterocycles. The van der Waals surface area contributed by atoms with E-state index in [9.17, 15) is 0 Å². The first kappa shape index (κ1) is 15.0. The van der Waals surface area contributed by atoms with Gasteiger partial charge in [0.15, 0.2) is 0 Å². The van der Waals surface area contributed by atoms with E-state index in [0.717, 1.165) is 33.6 Å². The summed E-state index contributed by atoms with van der Waals surface area (Å²) >= 11 is 0. The van der Waals surface area contributed by atoms with Crippen molar-refractivity contribution in [3.8, 4) is 0 Å². The first-order valence-corrected chi connectivity index (χ1v) is 8.92. The zero-order valence-corrected chi connectivity index (χ0v) is 14.8. The number of aromatic nitrogens is 6. The van der Waals surface area contributed by atoms with E-state index in [1.807, 2.05) is 55.8 Å². The Balaban J connectivity index is 1.69. The van der Waals surface area contributed by atoms with E-state index in [0.29, 0.717) is 0 Å². The maximum Gasteiger partial charge on any atom is 0.0878 e. The summed E-state index contributed by atoms with van der Waals surface area (Å²) in [7, 11) is 0. The van der Waals surface area contributed by atoms with Gasteiger partial charge in [-0.2, -0.15) is 0 Å². The van der Waals surface area contributed by atoms with Crippen molar-refractivity contribution in [2.75, 3.05) is 4.90 Å². The Hall–Kier alpha value is -4.13. The molecular weight excluding hydrogens is 350 g/mol. The fourth-order valence-electron chi connectivity index (χ4n) is 3.76. The van der Waals surface area contributed by atoms with Gasteiger partial charge in [0.05, 0.1) is 52.2 Å². The lowest BCUT2D eigenvalue weighted by Gasteiger charge is -2.23. The number of fused-ring (bicyclic) bond motifs is 3.